The molecule has 0 saturated carbocycles. The van der Waals surface area contributed by atoms with Gasteiger partial charge in [-0.2, -0.15) is 0 Å². The number of fused-ring (bicyclic) bond motifs is 1. The minimum absolute atomic E-state index is 0.218. The van der Waals surface area contributed by atoms with Crippen LogP contribution in [0.25, 0.3) is 0 Å². The fraction of sp³-hybridized carbons (Fsp3) is 0.474. The van der Waals surface area contributed by atoms with E-state index in [4.69, 9.17) is 4.74 Å². The molecule has 26 heavy (non-hydrogen) atoms. The lowest BCUT2D eigenvalue weighted by Gasteiger charge is -2.24. The summed E-state index contributed by atoms with van der Waals surface area (Å²) < 4.78 is 5.23. The molecule has 0 bridgehead atoms. The molecule has 2 heterocycles. The maximum atomic E-state index is 12.5. The van der Waals surface area contributed by atoms with Crippen molar-refractivity contribution < 1.29 is 23.9 Å². The number of carbonyl (C=O) groups excluding carboxylic acids is 4. The molecule has 1 fully saturated rings. The van der Waals surface area contributed by atoms with Gasteiger partial charge in [-0.3, -0.25) is 24.1 Å². The van der Waals surface area contributed by atoms with Crippen molar-refractivity contribution in [2.75, 3.05) is 24.5 Å². The first-order chi connectivity index (χ1) is 12.5. The van der Waals surface area contributed by atoms with Gasteiger partial charge in [0.15, 0.2) is 6.10 Å². The van der Waals surface area contributed by atoms with Crippen molar-refractivity contribution in [1.29, 1.82) is 0 Å². The molecule has 0 aliphatic carbocycles. The van der Waals surface area contributed by atoms with E-state index >= 15 is 0 Å². The molecule has 1 saturated heterocycles. The Bertz CT molecular complexity index is 737. The summed E-state index contributed by atoms with van der Waals surface area (Å²) in [6.07, 6.45) is 3.19. The molecule has 7 nitrogen and oxygen atoms in total. The number of para-hydroxylation sites is 1. The first-order valence-electron chi connectivity index (χ1n) is 8.92. The Labute approximate surface area is 151 Å². The summed E-state index contributed by atoms with van der Waals surface area (Å²) >= 11 is 0. The molecular formula is C19H22N2O5. The minimum atomic E-state index is -0.913. The predicted molar refractivity (Wildman–Crippen MR) is 93.7 cm³/mol. The van der Waals surface area contributed by atoms with Gasteiger partial charge in [0.2, 0.25) is 0 Å². The number of benzene rings is 1. The molecule has 1 atom stereocenters. The summed E-state index contributed by atoms with van der Waals surface area (Å²) in [5.41, 5.74) is 0.671. The molecule has 2 amide bonds. The van der Waals surface area contributed by atoms with Crippen LogP contribution in [0.4, 0.5) is 5.69 Å². The van der Waals surface area contributed by atoms with E-state index in [0.29, 0.717) is 18.8 Å². The van der Waals surface area contributed by atoms with Crippen LogP contribution in [-0.2, 0) is 19.1 Å². The van der Waals surface area contributed by atoms with Gasteiger partial charge < -0.3 is 9.64 Å². The van der Waals surface area contributed by atoms with Gasteiger partial charge in [0.05, 0.1) is 11.3 Å². The van der Waals surface area contributed by atoms with Crippen molar-refractivity contribution in [3.05, 3.63) is 29.8 Å². The number of esters is 1. The summed E-state index contributed by atoms with van der Waals surface area (Å²) in [5.74, 6) is -2.32. The van der Waals surface area contributed by atoms with Crippen LogP contribution in [0.5, 0.6) is 0 Å². The molecule has 0 unspecified atom stereocenters. The summed E-state index contributed by atoms with van der Waals surface area (Å²) in [6.45, 7) is 2.50. The number of amides is 2. The Morgan fingerprint density at radius 2 is 1.73 bits per heavy atom. The quantitative estimate of drug-likeness (QED) is 0.602. The summed E-state index contributed by atoms with van der Waals surface area (Å²) in [7, 11) is 0. The smallest absolute Gasteiger partial charge is 0.326 e. The number of anilines is 1. The molecule has 7 heteroatoms. The van der Waals surface area contributed by atoms with Gasteiger partial charge in [0.1, 0.15) is 6.54 Å². The first-order valence-corrected chi connectivity index (χ1v) is 8.92. The van der Waals surface area contributed by atoms with Crippen LogP contribution in [0.15, 0.2) is 24.3 Å². The molecule has 2 aliphatic rings. The lowest BCUT2D eigenvalue weighted by atomic mass is 10.1. The normalized spacial score (nSPS) is 18.3. The molecular weight excluding hydrogens is 336 g/mol. The SMILES string of the molecule is C[C@@H](OC(=O)CN1C(=O)C(=O)c2ccccc21)C(=O)N1CCCCCC1. The number of rotatable bonds is 4. The summed E-state index contributed by atoms with van der Waals surface area (Å²) in [6, 6.07) is 6.51. The van der Waals surface area contributed by atoms with Gasteiger partial charge in [-0.25, -0.2) is 0 Å². The van der Waals surface area contributed by atoms with Gasteiger partial charge in [-0.15, -0.1) is 0 Å². The van der Waals surface area contributed by atoms with Crippen molar-refractivity contribution in [3.8, 4) is 0 Å². The average molecular weight is 358 g/mol. The van der Waals surface area contributed by atoms with E-state index in [0.717, 1.165) is 30.6 Å². The monoisotopic (exact) mass is 358 g/mol. The van der Waals surface area contributed by atoms with Crippen LogP contribution in [0.2, 0.25) is 0 Å². The number of Topliss-reactive ketones (excluding diaryl/α,β-unsaturated/α-hetero) is 1. The largest absolute Gasteiger partial charge is 0.451 e. The molecule has 0 radical (unpaired) electrons. The van der Waals surface area contributed by atoms with Crippen molar-refractivity contribution in [2.24, 2.45) is 0 Å². The molecule has 0 spiro atoms. The number of ether oxygens (including phenoxy) is 1. The van der Waals surface area contributed by atoms with Gasteiger partial charge in [-0.05, 0) is 31.9 Å². The first kappa shape index (κ1) is 18.1. The van der Waals surface area contributed by atoms with E-state index in [-0.39, 0.29) is 18.0 Å². The van der Waals surface area contributed by atoms with Crippen molar-refractivity contribution >= 4 is 29.3 Å². The van der Waals surface area contributed by atoms with Crippen molar-refractivity contribution in [2.45, 2.75) is 38.7 Å². The highest BCUT2D eigenvalue weighted by Gasteiger charge is 2.37. The Kier molecular flexibility index (Phi) is 5.35. The zero-order valence-corrected chi connectivity index (χ0v) is 14.8. The van der Waals surface area contributed by atoms with Gasteiger partial charge in [-0.1, -0.05) is 25.0 Å². The van der Waals surface area contributed by atoms with Crippen LogP contribution in [0, 0.1) is 0 Å². The second-order valence-electron chi connectivity index (χ2n) is 6.61. The minimum Gasteiger partial charge on any atom is -0.451 e. The molecule has 0 N–H and O–H groups in total. The standard InChI is InChI=1S/C19H22N2O5/c1-13(18(24)20-10-6-2-3-7-11-20)26-16(22)12-21-15-9-5-4-8-14(15)17(23)19(21)25/h4-5,8-9,13H,2-3,6-7,10-12H2,1H3/t13-/m1/s1. The Hall–Kier alpha value is -2.70. The second kappa shape index (κ2) is 7.68. The highest BCUT2D eigenvalue weighted by Crippen LogP contribution is 2.28. The fourth-order valence-corrected chi connectivity index (χ4v) is 3.37. The van der Waals surface area contributed by atoms with Crippen LogP contribution in [0.1, 0.15) is 43.0 Å². The van der Waals surface area contributed by atoms with Gasteiger partial charge >= 0.3 is 5.97 Å². The van der Waals surface area contributed by atoms with Crippen LogP contribution >= 0.6 is 0 Å². The van der Waals surface area contributed by atoms with E-state index in [1.54, 1.807) is 29.2 Å². The predicted octanol–water partition coefficient (Wildman–Crippen LogP) is 1.55. The molecule has 2 aliphatic heterocycles. The third-order valence-corrected chi connectivity index (χ3v) is 4.74. The number of nitrogens with zero attached hydrogens (tertiary/aromatic N) is 2. The Morgan fingerprint density at radius 3 is 2.42 bits per heavy atom. The number of hydrogen-bond acceptors (Lipinski definition) is 5. The van der Waals surface area contributed by atoms with Crippen LogP contribution in [0.3, 0.4) is 0 Å². The fourth-order valence-electron chi connectivity index (χ4n) is 3.37. The Morgan fingerprint density at radius 1 is 1.08 bits per heavy atom. The van der Waals surface area contributed by atoms with E-state index in [9.17, 15) is 19.2 Å². The third-order valence-electron chi connectivity index (χ3n) is 4.74. The third kappa shape index (κ3) is 3.61. The second-order valence-corrected chi connectivity index (χ2v) is 6.61. The number of hydrogen-bond donors (Lipinski definition) is 0. The van der Waals surface area contributed by atoms with E-state index in [2.05, 4.69) is 0 Å². The summed E-state index contributed by atoms with van der Waals surface area (Å²) in [4.78, 5) is 51.6. The Balaban J connectivity index is 1.61. The van der Waals surface area contributed by atoms with E-state index < -0.39 is 23.8 Å². The molecule has 138 valence electrons. The summed E-state index contributed by atoms with van der Waals surface area (Å²) in [5, 5.41) is 0. The maximum absolute atomic E-state index is 12.5. The topological polar surface area (TPSA) is 84.0 Å². The highest BCUT2D eigenvalue weighted by molar-refractivity contribution is 6.52. The highest BCUT2D eigenvalue weighted by atomic mass is 16.5. The van der Waals surface area contributed by atoms with Crippen molar-refractivity contribution in [3.63, 3.8) is 0 Å². The lowest BCUT2D eigenvalue weighted by molar-refractivity contribution is -0.158. The molecule has 3 rings (SSSR count). The molecule has 0 aromatic heterocycles. The number of carbonyl (C=O) groups is 4. The van der Waals surface area contributed by atoms with Crippen molar-refractivity contribution in [1.82, 2.24) is 4.90 Å². The number of ketones is 1. The number of likely N-dealkylation sites (tertiary alicyclic amines) is 1. The zero-order valence-electron chi connectivity index (χ0n) is 14.8. The average Bonchev–Trinajstić information content (AvgIpc) is 2.84. The maximum Gasteiger partial charge on any atom is 0.326 e. The van der Waals surface area contributed by atoms with Crippen LogP contribution in [-0.4, -0.2) is 54.2 Å². The lowest BCUT2D eigenvalue weighted by Crippen LogP contribution is -2.42. The molecule has 1 aromatic rings. The van der Waals surface area contributed by atoms with Crippen LogP contribution < -0.4 is 4.90 Å². The van der Waals surface area contributed by atoms with Gasteiger partial charge in [0.25, 0.3) is 17.6 Å². The van der Waals surface area contributed by atoms with E-state index in [1.807, 2.05) is 0 Å². The zero-order chi connectivity index (χ0) is 18.7. The van der Waals surface area contributed by atoms with Gasteiger partial charge in [0, 0.05) is 13.1 Å². The van der Waals surface area contributed by atoms with E-state index in [1.165, 1.54) is 6.92 Å². The molecule has 1 aromatic carbocycles.